The standard InChI is InChI=1S/C32H40N6O4/c1-23(2)42-27-8-6-26(7-9-27)38(22-39)37-14-12-36(13-15-37)32-25(19-33)21-35-29-18-31(30(40-3)17-28(29)32)41-16-4-5-24-10-11-34-20-24/h6-9,17-18,21-24,34H,4-5,10-16,20H2,1-3H3. The Labute approximate surface area is 247 Å². The number of benzene rings is 2. The molecule has 1 atom stereocenters. The monoisotopic (exact) mass is 572 g/mol. The molecule has 0 spiro atoms. The van der Waals surface area contributed by atoms with E-state index in [9.17, 15) is 10.1 Å². The summed E-state index contributed by atoms with van der Waals surface area (Å²) < 4.78 is 17.6. The minimum atomic E-state index is 0.0805. The molecule has 2 aliphatic heterocycles. The molecule has 222 valence electrons. The smallest absolute Gasteiger partial charge is 0.228 e. The summed E-state index contributed by atoms with van der Waals surface area (Å²) in [6.07, 6.45) is 5.91. The summed E-state index contributed by atoms with van der Waals surface area (Å²) in [5.41, 5.74) is 2.86. The van der Waals surface area contributed by atoms with E-state index in [0.717, 1.165) is 66.3 Å². The molecule has 2 saturated heterocycles. The Hall–Kier alpha value is -4.07. The maximum atomic E-state index is 12.1. The van der Waals surface area contributed by atoms with Gasteiger partial charge in [0.1, 0.15) is 11.8 Å². The summed E-state index contributed by atoms with van der Waals surface area (Å²) in [4.78, 5) is 18.9. The number of pyridine rings is 1. The SMILES string of the molecule is COc1cc2c(N3CCN(N(C=O)c4ccc(OC(C)C)cc4)CC3)c(C#N)cnc2cc1OCCCC1CCNC1. The van der Waals surface area contributed by atoms with Crippen molar-refractivity contribution >= 4 is 28.7 Å². The predicted octanol–water partition coefficient (Wildman–Crippen LogP) is 4.37. The number of fused-ring (bicyclic) bond motifs is 1. The van der Waals surface area contributed by atoms with Gasteiger partial charge in [0.15, 0.2) is 11.5 Å². The first-order valence-electron chi connectivity index (χ1n) is 14.8. The van der Waals surface area contributed by atoms with E-state index in [1.165, 1.54) is 6.42 Å². The molecule has 0 radical (unpaired) electrons. The quantitative estimate of drug-likeness (QED) is 0.250. The van der Waals surface area contributed by atoms with Gasteiger partial charge in [-0.15, -0.1) is 0 Å². The maximum absolute atomic E-state index is 12.1. The molecule has 0 aliphatic carbocycles. The van der Waals surface area contributed by atoms with Gasteiger partial charge in [-0.05, 0) is 82.4 Å². The minimum Gasteiger partial charge on any atom is -0.493 e. The van der Waals surface area contributed by atoms with Crippen molar-refractivity contribution in [1.82, 2.24) is 15.3 Å². The van der Waals surface area contributed by atoms with E-state index in [-0.39, 0.29) is 6.10 Å². The van der Waals surface area contributed by atoms with Gasteiger partial charge in [0.05, 0.1) is 42.3 Å². The van der Waals surface area contributed by atoms with Crippen molar-refractivity contribution in [2.24, 2.45) is 5.92 Å². The highest BCUT2D eigenvalue weighted by atomic mass is 16.5. The van der Waals surface area contributed by atoms with Crippen molar-refractivity contribution in [3.05, 3.63) is 48.2 Å². The number of nitriles is 1. The molecule has 2 aromatic carbocycles. The summed E-state index contributed by atoms with van der Waals surface area (Å²) in [5, 5.41) is 17.9. The highest BCUT2D eigenvalue weighted by Crippen LogP contribution is 2.38. The molecule has 3 aromatic rings. The van der Waals surface area contributed by atoms with Gasteiger partial charge in [0.25, 0.3) is 0 Å². The maximum Gasteiger partial charge on any atom is 0.228 e. The molecular formula is C32H40N6O4. The number of carbonyl (C=O) groups excluding carboxylic acids is 1. The van der Waals surface area contributed by atoms with E-state index < -0.39 is 0 Å². The lowest BCUT2D eigenvalue weighted by Crippen LogP contribution is -2.54. The zero-order valence-corrected chi connectivity index (χ0v) is 24.7. The number of piperazine rings is 1. The van der Waals surface area contributed by atoms with E-state index in [1.807, 2.05) is 55.3 Å². The van der Waals surface area contributed by atoms with Crippen LogP contribution < -0.4 is 29.4 Å². The number of amides is 1. The summed E-state index contributed by atoms with van der Waals surface area (Å²) >= 11 is 0. The van der Waals surface area contributed by atoms with Crippen LogP contribution in [0.25, 0.3) is 10.9 Å². The second-order valence-corrected chi connectivity index (χ2v) is 11.1. The van der Waals surface area contributed by atoms with E-state index in [4.69, 9.17) is 14.2 Å². The van der Waals surface area contributed by atoms with Gasteiger partial charge in [-0.3, -0.25) is 9.78 Å². The third-order valence-electron chi connectivity index (χ3n) is 7.87. The second-order valence-electron chi connectivity index (χ2n) is 11.1. The first-order chi connectivity index (χ1) is 20.5. The lowest BCUT2D eigenvalue weighted by atomic mass is 10.0. The molecule has 0 saturated carbocycles. The largest absolute Gasteiger partial charge is 0.493 e. The van der Waals surface area contributed by atoms with Crippen LogP contribution in [0.2, 0.25) is 0 Å². The fraction of sp³-hybridized carbons (Fsp3) is 0.469. The van der Waals surface area contributed by atoms with Gasteiger partial charge < -0.3 is 24.4 Å². The highest BCUT2D eigenvalue weighted by molar-refractivity contribution is 5.96. The first kappa shape index (κ1) is 29.4. The summed E-state index contributed by atoms with van der Waals surface area (Å²) in [5.74, 6) is 2.78. The Kier molecular flexibility index (Phi) is 9.62. The average Bonchev–Trinajstić information content (AvgIpc) is 3.53. The number of nitrogens with zero attached hydrogens (tertiary/aromatic N) is 5. The molecule has 2 aliphatic rings. The first-order valence-corrected chi connectivity index (χ1v) is 14.8. The van der Waals surface area contributed by atoms with Crippen LogP contribution in [-0.4, -0.2) is 75.5 Å². The van der Waals surface area contributed by atoms with E-state index in [0.29, 0.717) is 49.8 Å². The number of ether oxygens (including phenoxy) is 3. The summed E-state index contributed by atoms with van der Waals surface area (Å²) in [6.45, 7) is 9.24. The van der Waals surface area contributed by atoms with Crippen molar-refractivity contribution in [3.63, 3.8) is 0 Å². The molecule has 1 aromatic heterocycles. The van der Waals surface area contributed by atoms with Crippen molar-refractivity contribution in [2.75, 3.05) is 62.9 Å². The van der Waals surface area contributed by atoms with Crippen LogP contribution >= 0.6 is 0 Å². The Morgan fingerprint density at radius 2 is 1.95 bits per heavy atom. The van der Waals surface area contributed by atoms with Gasteiger partial charge in [0.2, 0.25) is 6.41 Å². The van der Waals surface area contributed by atoms with Crippen LogP contribution in [0, 0.1) is 17.2 Å². The summed E-state index contributed by atoms with van der Waals surface area (Å²) in [6, 6.07) is 13.7. The molecular weight excluding hydrogens is 532 g/mol. The van der Waals surface area contributed by atoms with E-state index in [1.54, 1.807) is 18.3 Å². The Balaban J connectivity index is 1.30. The van der Waals surface area contributed by atoms with Crippen molar-refractivity contribution < 1.29 is 19.0 Å². The number of hydrazine groups is 1. The molecule has 42 heavy (non-hydrogen) atoms. The number of hydrogen-bond donors (Lipinski definition) is 1. The fourth-order valence-corrected chi connectivity index (χ4v) is 5.77. The lowest BCUT2D eigenvalue weighted by molar-refractivity contribution is -0.110. The van der Waals surface area contributed by atoms with Gasteiger partial charge in [0, 0.05) is 43.8 Å². The Morgan fingerprint density at radius 3 is 2.60 bits per heavy atom. The van der Waals surface area contributed by atoms with Crippen LogP contribution in [0.5, 0.6) is 17.2 Å². The molecule has 5 rings (SSSR count). The third kappa shape index (κ3) is 6.69. The molecule has 1 unspecified atom stereocenters. The minimum absolute atomic E-state index is 0.0805. The van der Waals surface area contributed by atoms with Gasteiger partial charge >= 0.3 is 0 Å². The fourth-order valence-electron chi connectivity index (χ4n) is 5.77. The zero-order valence-electron chi connectivity index (χ0n) is 24.7. The number of aromatic nitrogens is 1. The molecule has 0 bridgehead atoms. The molecule has 10 nitrogen and oxygen atoms in total. The Morgan fingerprint density at radius 1 is 1.17 bits per heavy atom. The number of anilines is 2. The van der Waals surface area contributed by atoms with E-state index in [2.05, 4.69) is 21.3 Å². The number of methoxy groups -OCH3 is 1. The van der Waals surface area contributed by atoms with Crippen LogP contribution in [0.15, 0.2) is 42.6 Å². The number of rotatable bonds is 12. The normalized spacial score (nSPS) is 17.3. The zero-order chi connectivity index (χ0) is 29.5. The van der Waals surface area contributed by atoms with Crippen molar-refractivity contribution in [3.8, 4) is 23.3 Å². The number of hydrogen-bond acceptors (Lipinski definition) is 9. The van der Waals surface area contributed by atoms with Crippen LogP contribution in [-0.2, 0) is 4.79 Å². The Bertz CT molecular complexity index is 1390. The van der Waals surface area contributed by atoms with Crippen LogP contribution in [0.3, 0.4) is 0 Å². The number of nitrogens with one attached hydrogen (secondary N) is 1. The van der Waals surface area contributed by atoms with Gasteiger partial charge in [-0.25, -0.2) is 10.0 Å². The topological polar surface area (TPSA) is 103 Å². The van der Waals surface area contributed by atoms with Crippen molar-refractivity contribution in [1.29, 1.82) is 5.26 Å². The third-order valence-corrected chi connectivity index (χ3v) is 7.87. The molecule has 3 heterocycles. The van der Waals surface area contributed by atoms with Gasteiger partial charge in [-0.1, -0.05) is 0 Å². The van der Waals surface area contributed by atoms with Crippen LogP contribution in [0.1, 0.15) is 38.7 Å². The average molecular weight is 573 g/mol. The number of carbonyl (C=O) groups is 1. The predicted molar refractivity (Wildman–Crippen MR) is 163 cm³/mol. The summed E-state index contributed by atoms with van der Waals surface area (Å²) in [7, 11) is 1.63. The molecule has 10 heteroatoms. The molecule has 1 N–H and O–H groups in total. The molecule has 1 amide bonds. The van der Waals surface area contributed by atoms with Crippen molar-refractivity contribution in [2.45, 2.75) is 39.2 Å². The molecule has 2 fully saturated rings. The lowest BCUT2D eigenvalue weighted by Gasteiger charge is -2.40. The van der Waals surface area contributed by atoms with Gasteiger partial charge in [-0.2, -0.15) is 5.26 Å². The second kappa shape index (κ2) is 13.7. The van der Waals surface area contributed by atoms with Crippen LogP contribution in [0.4, 0.5) is 11.4 Å². The van der Waals surface area contributed by atoms with E-state index >= 15 is 0 Å². The highest BCUT2D eigenvalue weighted by Gasteiger charge is 2.26.